The van der Waals surface area contributed by atoms with Gasteiger partial charge in [-0.05, 0) is 27.7 Å². The molecule has 1 aromatic rings. The molecule has 0 aromatic carbocycles. The number of hydrogen-bond donors (Lipinski definition) is 0. The molecule has 0 aliphatic rings. The van der Waals surface area contributed by atoms with Gasteiger partial charge in [0.25, 0.3) is 0 Å². The highest BCUT2D eigenvalue weighted by Crippen LogP contribution is 2.21. The molecule has 1 heterocycles. The van der Waals surface area contributed by atoms with Crippen LogP contribution in [0.1, 0.15) is 39.4 Å². The molecule has 0 spiro atoms. The van der Waals surface area contributed by atoms with Gasteiger partial charge in [-0.2, -0.15) is 4.98 Å². The average Bonchev–Trinajstić information content (AvgIpc) is 2.51. The van der Waals surface area contributed by atoms with Crippen molar-refractivity contribution < 1.29 is 14.1 Å². The third-order valence-electron chi connectivity index (χ3n) is 1.91. The molecule has 0 unspecified atom stereocenters. The summed E-state index contributed by atoms with van der Waals surface area (Å²) < 4.78 is 10.4. The lowest BCUT2D eigenvalue weighted by molar-refractivity contribution is -0.116. The van der Waals surface area contributed by atoms with E-state index in [0.29, 0.717) is 18.3 Å². The van der Waals surface area contributed by atoms with Crippen molar-refractivity contribution in [3.8, 4) is 0 Å². The van der Waals surface area contributed by atoms with E-state index in [9.17, 15) is 4.79 Å². The van der Waals surface area contributed by atoms with Crippen molar-refractivity contribution >= 4 is 5.78 Å². The van der Waals surface area contributed by atoms with Crippen LogP contribution in [0.25, 0.3) is 0 Å². The van der Waals surface area contributed by atoms with Crippen LogP contribution >= 0.6 is 0 Å². The molecule has 0 atom stereocenters. The molecular weight excluding hydrogens is 196 g/mol. The Morgan fingerprint density at radius 2 is 2.20 bits per heavy atom. The number of nitrogens with zero attached hydrogens (tertiary/aromatic N) is 2. The number of Topliss-reactive ketones (excluding diaryl/α,β-unsaturated/α-hetero) is 1. The van der Waals surface area contributed by atoms with Crippen molar-refractivity contribution in [3.05, 3.63) is 11.7 Å². The van der Waals surface area contributed by atoms with E-state index >= 15 is 0 Å². The molecule has 0 fully saturated rings. The number of ether oxygens (including phenoxy) is 1. The quantitative estimate of drug-likeness (QED) is 0.739. The number of ketones is 1. The van der Waals surface area contributed by atoms with Gasteiger partial charge in [0.1, 0.15) is 11.4 Å². The van der Waals surface area contributed by atoms with Gasteiger partial charge in [-0.1, -0.05) is 5.16 Å². The van der Waals surface area contributed by atoms with E-state index in [0.717, 1.165) is 0 Å². The third-order valence-corrected chi connectivity index (χ3v) is 1.91. The van der Waals surface area contributed by atoms with Crippen molar-refractivity contribution in [3.63, 3.8) is 0 Å². The first-order chi connectivity index (χ1) is 6.95. The fraction of sp³-hybridized carbons (Fsp3) is 0.700. The molecule has 0 saturated carbocycles. The van der Waals surface area contributed by atoms with Gasteiger partial charge in [-0.25, -0.2) is 0 Å². The minimum atomic E-state index is -0.576. The largest absolute Gasteiger partial charge is 0.368 e. The van der Waals surface area contributed by atoms with Gasteiger partial charge >= 0.3 is 0 Å². The Kier molecular flexibility index (Phi) is 3.57. The first-order valence-corrected chi connectivity index (χ1v) is 4.92. The van der Waals surface area contributed by atoms with E-state index in [1.165, 1.54) is 6.92 Å². The van der Waals surface area contributed by atoms with Crippen molar-refractivity contribution in [2.24, 2.45) is 0 Å². The van der Waals surface area contributed by atoms with E-state index < -0.39 is 5.60 Å². The highest BCUT2D eigenvalue weighted by atomic mass is 16.5. The molecule has 0 bridgehead atoms. The van der Waals surface area contributed by atoms with E-state index in [1.807, 2.05) is 20.8 Å². The molecule has 0 radical (unpaired) electrons. The second-order valence-corrected chi connectivity index (χ2v) is 3.83. The zero-order chi connectivity index (χ0) is 11.5. The summed E-state index contributed by atoms with van der Waals surface area (Å²) in [7, 11) is 0. The highest BCUT2D eigenvalue weighted by molar-refractivity contribution is 5.77. The average molecular weight is 212 g/mol. The van der Waals surface area contributed by atoms with Crippen molar-refractivity contribution in [2.45, 2.75) is 39.7 Å². The number of carbonyl (C=O) groups excluding carboxylic acids is 1. The minimum absolute atomic E-state index is 0.000541. The Morgan fingerprint density at radius 3 is 2.73 bits per heavy atom. The van der Waals surface area contributed by atoms with Crippen LogP contribution in [-0.4, -0.2) is 22.5 Å². The molecule has 0 saturated heterocycles. The Bertz CT molecular complexity index is 344. The number of aromatic nitrogens is 2. The van der Waals surface area contributed by atoms with Crippen LogP contribution in [0.3, 0.4) is 0 Å². The highest BCUT2D eigenvalue weighted by Gasteiger charge is 2.27. The van der Waals surface area contributed by atoms with E-state index in [1.54, 1.807) is 0 Å². The van der Waals surface area contributed by atoms with Crippen molar-refractivity contribution in [2.75, 3.05) is 6.61 Å². The summed E-state index contributed by atoms with van der Waals surface area (Å²) in [6.07, 6.45) is 0.176. The molecule has 0 N–H and O–H groups in total. The van der Waals surface area contributed by atoms with Crippen LogP contribution in [0.5, 0.6) is 0 Å². The van der Waals surface area contributed by atoms with Gasteiger partial charge < -0.3 is 9.26 Å². The normalized spacial score (nSPS) is 11.7. The molecular formula is C10H16N2O3. The summed E-state index contributed by atoms with van der Waals surface area (Å²) in [5.74, 6) is 0.810. The van der Waals surface area contributed by atoms with E-state index in [4.69, 9.17) is 9.26 Å². The Balaban J connectivity index is 2.78. The predicted molar refractivity (Wildman–Crippen MR) is 53.3 cm³/mol. The van der Waals surface area contributed by atoms with Gasteiger partial charge in [-0.15, -0.1) is 0 Å². The molecule has 0 amide bonds. The first kappa shape index (κ1) is 11.8. The summed E-state index contributed by atoms with van der Waals surface area (Å²) >= 11 is 0. The number of rotatable bonds is 5. The molecule has 5 nitrogen and oxygen atoms in total. The maximum atomic E-state index is 10.8. The standard InChI is InChI=1S/C10H16N2O3/c1-5-14-10(3,4)9-11-8(15-12-9)6-7(2)13/h5-6H2,1-4H3. The second-order valence-electron chi connectivity index (χ2n) is 3.83. The Hall–Kier alpha value is -1.23. The lowest BCUT2D eigenvalue weighted by atomic mass is 10.1. The summed E-state index contributed by atoms with van der Waals surface area (Å²) in [5.41, 5.74) is -0.576. The van der Waals surface area contributed by atoms with Crippen LogP contribution in [0.2, 0.25) is 0 Å². The SMILES string of the molecule is CCOC(C)(C)c1noc(CC(C)=O)n1. The topological polar surface area (TPSA) is 65.2 Å². The fourth-order valence-electron chi connectivity index (χ4n) is 1.21. The number of carbonyl (C=O) groups is 1. The molecule has 0 aliphatic heterocycles. The fourth-order valence-corrected chi connectivity index (χ4v) is 1.21. The molecule has 1 rings (SSSR count). The molecule has 5 heteroatoms. The van der Waals surface area contributed by atoms with Gasteiger partial charge in [0.15, 0.2) is 0 Å². The van der Waals surface area contributed by atoms with Crippen LogP contribution in [-0.2, 0) is 21.6 Å². The zero-order valence-electron chi connectivity index (χ0n) is 9.53. The maximum absolute atomic E-state index is 10.8. The maximum Gasteiger partial charge on any atom is 0.234 e. The lowest BCUT2D eigenvalue weighted by Gasteiger charge is -2.19. The summed E-state index contributed by atoms with van der Waals surface area (Å²) in [6.45, 7) is 7.68. The molecule has 1 aromatic heterocycles. The monoisotopic (exact) mass is 212 g/mol. The van der Waals surface area contributed by atoms with E-state index in [-0.39, 0.29) is 12.2 Å². The van der Waals surface area contributed by atoms with Crippen molar-refractivity contribution in [1.82, 2.24) is 10.1 Å². The minimum Gasteiger partial charge on any atom is -0.368 e. The van der Waals surface area contributed by atoms with Crippen LogP contribution in [0.15, 0.2) is 4.52 Å². The van der Waals surface area contributed by atoms with Gasteiger partial charge in [0.2, 0.25) is 11.7 Å². The van der Waals surface area contributed by atoms with Gasteiger partial charge in [0.05, 0.1) is 6.42 Å². The predicted octanol–water partition coefficient (Wildman–Crippen LogP) is 1.47. The second kappa shape index (κ2) is 4.53. The third kappa shape index (κ3) is 3.13. The van der Waals surface area contributed by atoms with Crippen LogP contribution < -0.4 is 0 Å². The Morgan fingerprint density at radius 1 is 1.53 bits per heavy atom. The van der Waals surface area contributed by atoms with Crippen LogP contribution in [0, 0.1) is 0 Å². The van der Waals surface area contributed by atoms with Crippen molar-refractivity contribution in [1.29, 1.82) is 0 Å². The smallest absolute Gasteiger partial charge is 0.234 e. The molecule has 84 valence electrons. The number of hydrogen-bond acceptors (Lipinski definition) is 5. The summed E-state index contributed by atoms with van der Waals surface area (Å²) in [5, 5.41) is 3.80. The molecule has 15 heavy (non-hydrogen) atoms. The van der Waals surface area contributed by atoms with E-state index in [2.05, 4.69) is 10.1 Å². The summed E-state index contributed by atoms with van der Waals surface area (Å²) in [4.78, 5) is 15.0. The lowest BCUT2D eigenvalue weighted by Crippen LogP contribution is -2.23. The zero-order valence-corrected chi connectivity index (χ0v) is 9.53. The van der Waals surface area contributed by atoms with Crippen LogP contribution in [0.4, 0.5) is 0 Å². The van der Waals surface area contributed by atoms with Gasteiger partial charge in [-0.3, -0.25) is 4.79 Å². The molecule has 0 aliphatic carbocycles. The summed E-state index contributed by atoms with van der Waals surface area (Å²) in [6, 6.07) is 0. The Labute approximate surface area is 88.8 Å². The van der Waals surface area contributed by atoms with Gasteiger partial charge in [0, 0.05) is 6.61 Å². The first-order valence-electron chi connectivity index (χ1n) is 4.92.